The number of thiazole rings is 1. The predicted molar refractivity (Wildman–Crippen MR) is 125 cm³/mol. The van der Waals surface area contributed by atoms with Crippen molar-refractivity contribution in [3.8, 4) is 0 Å². The van der Waals surface area contributed by atoms with Crippen LogP contribution in [0.1, 0.15) is 17.5 Å². The molecule has 1 fully saturated rings. The summed E-state index contributed by atoms with van der Waals surface area (Å²) in [6.45, 7) is 6.12. The van der Waals surface area contributed by atoms with Crippen LogP contribution in [-0.2, 0) is 26.1 Å². The van der Waals surface area contributed by atoms with Crippen LogP contribution in [0.25, 0.3) is 10.2 Å². The number of rotatable bonds is 6. The van der Waals surface area contributed by atoms with Crippen molar-refractivity contribution >= 4 is 43.2 Å². The molecule has 1 aliphatic rings. The van der Waals surface area contributed by atoms with Gasteiger partial charge in [0.15, 0.2) is 0 Å². The largest absolute Gasteiger partial charge is 0.378 e. The third kappa shape index (κ3) is 4.57. The van der Waals surface area contributed by atoms with Crippen LogP contribution in [0, 0.1) is 13.8 Å². The Kier molecular flexibility index (Phi) is 6.36. The van der Waals surface area contributed by atoms with Crippen LogP contribution in [0.5, 0.6) is 0 Å². The third-order valence-electron chi connectivity index (χ3n) is 5.58. The van der Waals surface area contributed by atoms with Crippen LogP contribution in [0.15, 0.2) is 46.1 Å². The van der Waals surface area contributed by atoms with Gasteiger partial charge in [0.25, 0.3) is 10.0 Å². The first-order valence-electron chi connectivity index (χ1n) is 10.3. The second-order valence-electron chi connectivity index (χ2n) is 7.76. The van der Waals surface area contributed by atoms with Crippen LogP contribution in [0.4, 0.5) is 5.69 Å². The van der Waals surface area contributed by atoms with Crippen molar-refractivity contribution in [3.05, 3.63) is 57.2 Å². The van der Waals surface area contributed by atoms with Gasteiger partial charge in [0.05, 0.1) is 34.0 Å². The molecule has 0 unspecified atom stereocenters. The number of aromatic nitrogens is 1. The van der Waals surface area contributed by atoms with Gasteiger partial charge in [-0.05, 0) is 43.2 Å². The Morgan fingerprint density at radius 3 is 2.50 bits per heavy atom. The Morgan fingerprint density at radius 1 is 1.12 bits per heavy atom. The fourth-order valence-corrected chi connectivity index (χ4v) is 6.03. The molecule has 0 bridgehead atoms. The molecule has 0 aliphatic carbocycles. The summed E-state index contributed by atoms with van der Waals surface area (Å²) in [7, 11) is -3.82. The maximum atomic E-state index is 13.0. The Bertz CT molecular complexity index is 1300. The zero-order chi connectivity index (χ0) is 22.9. The van der Waals surface area contributed by atoms with Crippen molar-refractivity contribution in [3.63, 3.8) is 0 Å². The molecule has 8 nitrogen and oxygen atoms in total. The summed E-state index contributed by atoms with van der Waals surface area (Å²) < 4.78 is 36.0. The van der Waals surface area contributed by atoms with Crippen molar-refractivity contribution in [1.29, 1.82) is 0 Å². The molecule has 3 aromatic rings. The first-order chi connectivity index (χ1) is 15.3. The fourth-order valence-electron chi connectivity index (χ4n) is 3.77. The molecule has 1 amide bonds. The number of carbonyl (C=O) groups is 1. The van der Waals surface area contributed by atoms with Crippen molar-refractivity contribution in [2.75, 3.05) is 31.0 Å². The number of nitrogens with zero attached hydrogens (tertiary/aromatic N) is 2. The number of sulfonamides is 1. The van der Waals surface area contributed by atoms with Crippen molar-refractivity contribution in [2.24, 2.45) is 0 Å². The van der Waals surface area contributed by atoms with Gasteiger partial charge in [-0.25, -0.2) is 8.42 Å². The van der Waals surface area contributed by atoms with E-state index in [0.29, 0.717) is 42.2 Å². The summed E-state index contributed by atoms with van der Waals surface area (Å²) in [5, 5.41) is 0. The van der Waals surface area contributed by atoms with Gasteiger partial charge in [-0.15, -0.1) is 0 Å². The molecule has 1 N–H and O–H groups in total. The molecule has 1 aliphatic heterocycles. The zero-order valence-electron chi connectivity index (χ0n) is 18.0. The summed E-state index contributed by atoms with van der Waals surface area (Å²) in [5.41, 5.74) is 2.84. The van der Waals surface area contributed by atoms with Crippen LogP contribution in [0.3, 0.4) is 0 Å². The molecule has 1 saturated heterocycles. The highest BCUT2D eigenvalue weighted by atomic mass is 32.2. The number of hydrogen-bond acceptors (Lipinski definition) is 6. The summed E-state index contributed by atoms with van der Waals surface area (Å²) in [5.74, 6) is -0.0171. The number of aryl methyl sites for hydroxylation is 3. The molecule has 0 radical (unpaired) electrons. The first-order valence-corrected chi connectivity index (χ1v) is 12.6. The molecule has 4 rings (SSSR count). The van der Waals surface area contributed by atoms with Gasteiger partial charge in [0, 0.05) is 26.1 Å². The minimum atomic E-state index is -3.82. The monoisotopic (exact) mass is 475 g/mol. The average Bonchev–Trinajstić information content (AvgIpc) is 3.09. The van der Waals surface area contributed by atoms with E-state index in [2.05, 4.69) is 4.72 Å². The quantitative estimate of drug-likeness (QED) is 0.591. The summed E-state index contributed by atoms with van der Waals surface area (Å²) in [6.07, 6.45) is 0.208. The van der Waals surface area contributed by atoms with Gasteiger partial charge < -0.3 is 9.64 Å². The molecule has 170 valence electrons. The molecule has 0 spiro atoms. The highest BCUT2D eigenvalue weighted by Crippen LogP contribution is 2.26. The normalized spacial score (nSPS) is 14.6. The number of morpholine rings is 1. The standard InChI is InChI=1S/C22H25N3O5S2/c1-15-4-3-5-16(2)21(15)23-32(28,29)17-6-7-18-19(14-17)31-22(27)25(18)9-8-20(26)24-10-12-30-13-11-24/h3-7,14,23H,8-13H2,1-2H3. The average molecular weight is 476 g/mol. The van der Waals surface area contributed by atoms with E-state index in [1.807, 2.05) is 32.0 Å². The number of para-hydroxylation sites is 1. The highest BCUT2D eigenvalue weighted by Gasteiger charge is 2.20. The molecule has 2 heterocycles. The highest BCUT2D eigenvalue weighted by molar-refractivity contribution is 7.92. The number of carbonyl (C=O) groups excluding carboxylic acids is 1. The number of amides is 1. The van der Waals surface area contributed by atoms with Crippen molar-refractivity contribution < 1.29 is 17.9 Å². The van der Waals surface area contributed by atoms with Crippen LogP contribution >= 0.6 is 11.3 Å². The van der Waals surface area contributed by atoms with Gasteiger partial charge in [-0.3, -0.25) is 18.9 Å². The van der Waals surface area contributed by atoms with Gasteiger partial charge in [-0.2, -0.15) is 0 Å². The lowest BCUT2D eigenvalue weighted by Gasteiger charge is -2.26. The second kappa shape index (κ2) is 9.05. The molecule has 0 atom stereocenters. The molecule has 0 saturated carbocycles. The number of hydrogen-bond donors (Lipinski definition) is 1. The zero-order valence-corrected chi connectivity index (χ0v) is 19.6. The smallest absolute Gasteiger partial charge is 0.308 e. The van der Waals surface area contributed by atoms with Crippen molar-refractivity contribution in [2.45, 2.75) is 31.7 Å². The minimum absolute atomic E-state index is 0.0171. The molecular weight excluding hydrogens is 450 g/mol. The topological polar surface area (TPSA) is 97.7 Å². The van der Waals surface area contributed by atoms with Crippen LogP contribution < -0.4 is 9.60 Å². The molecule has 32 heavy (non-hydrogen) atoms. The minimum Gasteiger partial charge on any atom is -0.378 e. The van der Waals surface area contributed by atoms with E-state index in [0.717, 1.165) is 22.5 Å². The van der Waals surface area contributed by atoms with Crippen molar-refractivity contribution in [1.82, 2.24) is 9.47 Å². The van der Waals surface area contributed by atoms with E-state index in [4.69, 9.17) is 4.74 Å². The number of ether oxygens (including phenoxy) is 1. The molecule has 10 heteroatoms. The lowest BCUT2D eigenvalue weighted by Crippen LogP contribution is -2.41. The molecule has 1 aromatic heterocycles. The summed E-state index contributed by atoms with van der Waals surface area (Å²) in [6, 6.07) is 10.2. The van der Waals surface area contributed by atoms with E-state index >= 15 is 0 Å². The predicted octanol–water partition coefficient (Wildman–Crippen LogP) is 2.73. The first kappa shape index (κ1) is 22.5. The fraction of sp³-hybridized carbons (Fsp3) is 0.364. The maximum absolute atomic E-state index is 13.0. The summed E-state index contributed by atoms with van der Waals surface area (Å²) >= 11 is 0.979. The van der Waals surface area contributed by atoms with Gasteiger partial charge in [0.2, 0.25) is 5.91 Å². The number of benzene rings is 2. The van der Waals surface area contributed by atoms with E-state index in [1.165, 1.54) is 16.7 Å². The van der Waals surface area contributed by atoms with Crippen LogP contribution in [-0.4, -0.2) is 50.1 Å². The Labute approximate surface area is 190 Å². The van der Waals surface area contributed by atoms with Crippen LogP contribution in [0.2, 0.25) is 0 Å². The lowest BCUT2D eigenvalue weighted by molar-refractivity contribution is -0.135. The van der Waals surface area contributed by atoms with Gasteiger partial charge in [0.1, 0.15) is 0 Å². The Morgan fingerprint density at radius 2 is 1.81 bits per heavy atom. The number of anilines is 1. The van der Waals surface area contributed by atoms with Gasteiger partial charge >= 0.3 is 4.87 Å². The Balaban J connectivity index is 1.56. The second-order valence-corrected chi connectivity index (χ2v) is 10.4. The lowest BCUT2D eigenvalue weighted by atomic mass is 10.1. The van der Waals surface area contributed by atoms with E-state index in [-0.39, 0.29) is 28.6 Å². The third-order valence-corrected chi connectivity index (χ3v) is 7.87. The van der Waals surface area contributed by atoms with E-state index in [1.54, 1.807) is 11.0 Å². The summed E-state index contributed by atoms with van der Waals surface area (Å²) in [4.78, 5) is 26.6. The molecule has 2 aromatic carbocycles. The Hall–Kier alpha value is -2.69. The number of fused-ring (bicyclic) bond motifs is 1. The SMILES string of the molecule is Cc1cccc(C)c1NS(=O)(=O)c1ccc2c(c1)sc(=O)n2CCC(=O)N1CCOCC1. The van der Waals surface area contributed by atoms with Gasteiger partial charge in [-0.1, -0.05) is 29.5 Å². The molecular formula is C22H25N3O5S2. The maximum Gasteiger partial charge on any atom is 0.308 e. The number of nitrogens with one attached hydrogen (secondary N) is 1. The van der Waals surface area contributed by atoms with E-state index in [9.17, 15) is 18.0 Å². The van der Waals surface area contributed by atoms with E-state index < -0.39 is 10.0 Å².